The van der Waals surface area contributed by atoms with Gasteiger partial charge in [0.25, 0.3) is 0 Å². The van der Waals surface area contributed by atoms with E-state index in [1.807, 2.05) is 12.3 Å². The maximum Gasteiger partial charge on any atom is 0.0460 e. The van der Waals surface area contributed by atoms with Crippen LogP contribution in [-0.4, -0.2) is 4.98 Å². The third-order valence-electron chi connectivity index (χ3n) is 3.06. The van der Waals surface area contributed by atoms with Gasteiger partial charge >= 0.3 is 0 Å². The zero-order valence-electron chi connectivity index (χ0n) is 8.20. The zero-order chi connectivity index (χ0) is 9.47. The summed E-state index contributed by atoms with van der Waals surface area (Å²) in [6.45, 7) is 4.46. The van der Waals surface area contributed by atoms with Crippen LogP contribution in [0.4, 0.5) is 0 Å². The van der Waals surface area contributed by atoms with Gasteiger partial charge in [0.1, 0.15) is 0 Å². The van der Waals surface area contributed by atoms with Crippen molar-refractivity contribution in [1.29, 1.82) is 0 Å². The van der Waals surface area contributed by atoms with E-state index < -0.39 is 0 Å². The third kappa shape index (κ3) is 1.35. The Balaban J connectivity index is 2.21. The number of pyridine rings is 1. The van der Waals surface area contributed by atoms with Crippen LogP contribution >= 0.6 is 0 Å². The summed E-state index contributed by atoms with van der Waals surface area (Å²) in [7, 11) is 0. The molecule has 0 bridgehead atoms. The van der Waals surface area contributed by atoms with Crippen LogP contribution in [0.15, 0.2) is 24.5 Å². The molecule has 1 heterocycles. The highest BCUT2D eigenvalue weighted by atomic mass is 14.9. The number of nitrogens with two attached hydrogens (primary N) is 1. The minimum absolute atomic E-state index is 0.0809. The lowest BCUT2D eigenvalue weighted by atomic mass is 9.99. The van der Waals surface area contributed by atoms with Crippen LogP contribution < -0.4 is 5.73 Å². The number of rotatable bonds is 2. The van der Waals surface area contributed by atoms with E-state index in [-0.39, 0.29) is 5.54 Å². The second-order valence-electron chi connectivity index (χ2n) is 4.34. The normalized spacial score (nSPS) is 32.2. The molecule has 70 valence electrons. The Labute approximate surface area is 79.2 Å². The minimum Gasteiger partial charge on any atom is -0.321 e. The predicted octanol–water partition coefficient (Wildman–Crippen LogP) is 1.91. The van der Waals surface area contributed by atoms with E-state index in [1.165, 1.54) is 5.56 Å². The lowest BCUT2D eigenvalue weighted by Crippen LogP contribution is -2.23. The summed E-state index contributed by atoms with van der Waals surface area (Å²) in [6, 6.07) is 4.04. The molecule has 13 heavy (non-hydrogen) atoms. The molecule has 0 aliphatic heterocycles. The molecule has 0 saturated heterocycles. The van der Waals surface area contributed by atoms with Crippen LogP contribution in [0.1, 0.15) is 25.8 Å². The van der Waals surface area contributed by atoms with Crippen molar-refractivity contribution in [3.63, 3.8) is 0 Å². The van der Waals surface area contributed by atoms with Gasteiger partial charge in [-0.05, 0) is 29.9 Å². The van der Waals surface area contributed by atoms with Crippen LogP contribution in [0.5, 0.6) is 0 Å². The molecule has 1 aliphatic rings. The maximum atomic E-state index is 6.27. The Morgan fingerprint density at radius 3 is 2.85 bits per heavy atom. The molecule has 0 radical (unpaired) electrons. The number of nitrogens with zero attached hydrogens (tertiary/aromatic N) is 1. The molecule has 1 saturated carbocycles. The first-order valence-corrected chi connectivity index (χ1v) is 4.84. The molecule has 2 atom stereocenters. The van der Waals surface area contributed by atoms with Crippen LogP contribution in [0, 0.1) is 11.8 Å². The maximum absolute atomic E-state index is 6.27. The van der Waals surface area contributed by atoms with E-state index in [0.717, 1.165) is 6.42 Å². The molecule has 1 fully saturated rings. The predicted molar refractivity (Wildman–Crippen MR) is 53.0 cm³/mol. The highest BCUT2D eigenvalue weighted by Crippen LogP contribution is 2.53. The zero-order valence-corrected chi connectivity index (χ0v) is 8.20. The van der Waals surface area contributed by atoms with E-state index in [4.69, 9.17) is 5.73 Å². The van der Waals surface area contributed by atoms with Crippen molar-refractivity contribution >= 4 is 0 Å². The van der Waals surface area contributed by atoms with Gasteiger partial charge in [-0.15, -0.1) is 0 Å². The lowest BCUT2D eigenvalue weighted by molar-refractivity contribution is 0.487. The van der Waals surface area contributed by atoms with Crippen molar-refractivity contribution < 1.29 is 0 Å². The van der Waals surface area contributed by atoms with Crippen molar-refractivity contribution in [1.82, 2.24) is 4.98 Å². The van der Waals surface area contributed by atoms with Crippen LogP contribution in [0.2, 0.25) is 0 Å². The van der Waals surface area contributed by atoms with E-state index >= 15 is 0 Å². The SMILES string of the molecule is CC(C)C1CC1(N)c1cccnc1. The number of hydrogen-bond acceptors (Lipinski definition) is 2. The average Bonchev–Trinajstić information content (AvgIpc) is 2.82. The fourth-order valence-corrected chi connectivity index (χ4v) is 2.11. The third-order valence-corrected chi connectivity index (χ3v) is 3.06. The van der Waals surface area contributed by atoms with Crippen molar-refractivity contribution in [2.45, 2.75) is 25.8 Å². The summed E-state index contributed by atoms with van der Waals surface area (Å²) in [4.78, 5) is 4.10. The Morgan fingerprint density at radius 1 is 1.62 bits per heavy atom. The quantitative estimate of drug-likeness (QED) is 0.747. The summed E-state index contributed by atoms with van der Waals surface area (Å²) < 4.78 is 0. The van der Waals surface area contributed by atoms with Gasteiger partial charge in [0.15, 0.2) is 0 Å². The van der Waals surface area contributed by atoms with Crippen LogP contribution in [0.25, 0.3) is 0 Å². The Hall–Kier alpha value is -0.890. The molecule has 2 heteroatoms. The Kier molecular flexibility index (Phi) is 1.88. The van der Waals surface area contributed by atoms with Gasteiger partial charge < -0.3 is 5.73 Å². The first-order valence-electron chi connectivity index (χ1n) is 4.84. The fourth-order valence-electron chi connectivity index (χ4n) is 2.11. The largest absolute Gasteiger partial charge is 0.321 e. The summed E-state index contributed by atoms with van der Waals surface area (Å²) in [5.41, 5.74) is 7.38. The monoisotopic (exact) mass is 176 g/mol. The Bertz CT molecular complexity index is 294. The van der Waals surface area contributed by atoms with Crippen molar-refractivity contribution in [3.05, 3.63) is 30.1 Å². The smallest absolute Gasteiger partial charge is 0.0460 e. The summed E-state index contributed by atoms with van der Waals surface area (Å²) in [6.07, 6.45) is 4.79. The fraction of sp³-hybridized carbons (Fsp3) is 0.545. The number of aromatic nitrogens is 1. The summed E-state index contributed by atoms with van der Waals surface area (Å²) in [5, 5.41) is 0. The van der Waals surface area contributed by atoms with Crippen LogP contribution in [-0.2, 0) is 5.54 Å². The molecule has 2 unspecified atom stereocenters. The van der Waals surface area contributed by atoms with Gasteiger partial charge in [0, 0.05) is 17.9 Å². The summed E-state index contributed by atoms with van der Waals surface area (Å²) in [5.74, 6) is 1.31. The molecule has 0 amide bonds. The van der Waals surface area contributed by atoms with Gasteiger partial charge in [0.05, 0.1) is 0 Å². The molecular weight excluding hydrogens is 160 g/mol. The molecule has 0 aromatic carbocycles. The van der Waals surface area contributed by atoms with E-state index in [0.29, 0.717) is 11.8 Å². The van der Waals surface area contributed by atoms with Crippen LogP contribution in [0.3, 0.4) is 0 Å². The molecule has 1 aliphatic carbocycles. The van der Waals surface area contributed by atoms with E-state index in [2.05, 4.69) is 24.9 Å². The molecule has 2 nitrogen and oxygen atoms in total. The van der Waals surface area contributed by atoms with Gasteiger partial charge in [-0.1, -0.05) is 19.9 Å². The van der Waals surface area contributed by atoms with Crippen molar-refractivity contribution in [3.8, 4) is 0 Å². The molecule has 1 aromatic heterocycles. The van der Waals surface area contributed by atoms with Gasteiger partial charge in [-0.25, -0.2) is 0 Å². The number of hydrogen-bond donors (Lipinski definition) is 1. The van der Waals surface area contributed by atoms with Crippen molar-refractivity contribution in [2.24, 2.45) is 17.6 Å². The first-order chi connectivity index (χ1) is 6.14. The van der Waals surface area contributed by atoms with Crippen molar-refractivity contribution in [2.75, 3.05) is 0 Å². The highest BCUT2D eigenvalue weighted by Gasteiger charge is 2.53. The van der Waals surface area contributed by atoms with Gasteiger partial charge in [0.2, 0.25) is 0 Å². The standard InChI is InChI=1S/C11H16N2/c1-8(2)10-6-11(10,12)9-4-3-5-13-7-9/h3-5,7-8,10H,6,12H2,1-2H3. The van der Waals surface area contributed by atoms with E-state index in [9.17, 15) is 0 Å². The molecule has 2 N–H and O–H groups in total. The summed E-state index contributed by atoms with van der Waals surface area (Å²) >= 11 is 0. The lowest BCUT2D eigenvalue weighted by Gasteiger charge is -2.13. The van der Waals surface area contributed by atoms with Gasteiger partial charge in [-0.2, -0.15) is 0 Å². The van der Waals surface area contributed by atoms with E-state index in [1.54, 1.807) is 6.20 Å². The molecule has 0 spiro atoms. The first kappa shape index (κ1) is 8.70. The highest BCUT2D eigenvalue weighted by molar-refractivity contribution is 5.29. The Morgan fingerprint density at radius 2 is 2.38 bits per heavy atom. The minimum atomic E-state index is -0.0809. The molecule has 2 rings (SSSR count). The van der Waals surface area contributed by atoms with Gasteiger partial charge in [-0.3, -0.25) is 4.98 Å². The molecule has 1 aromatic rings. The second-order valence-corrected chi connectivity index (χ2v) is 4.34. The molecular formula is C11H16N2. The second kappa shape index (κ2) is 2.81. The average molecular weight is 176 g/mol. The topological polar surface area (TPSA) is 38.9 Å².